The largest absolute Gasteiger partial charge is 0.508 e. The second kappa shape index (κ2) is 11.8. The fourth-order valence-corrected chi connectivity index (χ4v) is 5.16. The van der Waals surface area contributed by atoms with E-state index in [9.17, 15) is 15.3 Å². The van der Waals surface area contributed by atoms with Gasteiger partial charge in [-0.3, -0.25) is 0 Å². The summed E-state index contributed by atoms with van der Waals surface area (Å²) in [5, 5.41) is 29.0. The van der Waals surface area contributed by atoms with Gasteiger partial charge in [-0.1, -0.05) is 109 Å². The summed E-state index contributed by atoms with van der Waals surface area (Å²) < 4.78 is 0. The molecule has 6 nitrogen and oxygen atoms in total. The quantitative estimate of drug-likeness (QED) is 0.180. The van der Waals surface area contributed by atoms with Gasteiger partial charge in [0.15, 0.2) is 17.5 Å². The molecule has 0 radical (unpaired) electrons. The van der Waals surface area contributed by atoms with Crippen molar-refractivity contribution in [2.75, 3.05) is 0 Å². The highest BCUT2D eigenvalue weighted by Gasteiger charge is 2.13. The lowest BCUT2D eigenvalue weighted by molar-refractivity contribution is 0.475. The van der Waals surface area contributed by atoms with Crippen molar-refractivity contribution in [2.24, 2.45) is 0 Å². The third kappa shape index (κ3) is 5.98. The summed E-state index contributed by atoms with van der Waals surface area (Å²) in [6, 6.07) is 45.4. The van der Waals surface area contributed by atoms with Crippen LogP contribution in [0, 0.1) is 0 Å². The molecule has 0 saturated heterocycles. The van der Waals surface area contributed by atoms with E-state index in [1.807, 2.05) is 109 Å². The summed E-state index contributed by atoms with van der Waals surface area (Å²) in [6.45, 7) is 0. The van der Waals surface area contributed by atoms with Gasteiger partial charge in [0.2, 0.25) is 0 Å². The number of aromatic nitrogens is 3. The third-order valence-electron chi connectivity index (χ3n) is 7.67. The summed E-state index contributed by atoms with van der Waals surface area (Å²) in [7, 11) is 0. The minimum absolute atomic E-state index is 0.229. The highest BCUT2D eigenvalue weighted by molar-refractivity contribution is 5.74. The van der Waals surface area contributed by atoms with Gasteiger partial charge in [-0.25, -0.2) is 15.0 Å². The standard InChI is InChI=1S/C39H27N3O3/c43-34-19-13-28(14-20-34)25-1-7-31(8-2-25)37-40-38(32-9-3-26(4-10-32)29-15-21-35(44)22-16-29)42-39(41-37)33-11-5-27(6-12-33)30-17-23-36(45)24-18-30/h1-24,43-45H. The Hall–Kier alpha value is -6.27. The van der Waals surface area contributed by atoms with Gasteiger partial charge in [-0.2, -0.15) is 0 Å². The number of nitrogens with zero attached hydrogens (tertiary/aromatic N) is 3. The average molecular weight is 586 g/mol. The molecular formula is C39H27N3O3. The summed E-state index contributed by atoms with van der Waals surface area (Å²) in [4.78, 5) is 14.7. The molecule has 1 heterocycles. The van der Waals surface area contributed by atoms with Crippen molar-refractivity contribution in [1.82, 2.24) is 15.0 Å². The van der Waals surface area contributed by atoms with Crippen LogP contribution >= 0.6 is 0 Å². The molecule has 0 saturated carbocycles. The van der Waals surface area contributed by atoms with Crippen LogP contribution in [0.2, 0.25) is 0 Å². The van der Waals surface area contributed by atoms with Crippen molar-refractivity contribution in [3.05, 3.63) is 146 Å². The maximum Gasteiger partial charge on any atom is 0.164 e. The van der Waals surface area contributed by atoms with E-state index < -0.39 is 0 Å². The van der Waals surface area contributed by atoms with E-state index in [0.29, 0.717) is 17.5 Å². The van der Waals surface area contributed by atoms with Crippen molar-refractivity contribution in [3.8, 4) is 84.8 Å². The molecule has 0 fully saturated rings. The SMILES string of the molecule is Oc1ccc(-c2ccc(-c3nc(-c4ccc(-c5ccc(O)cc5)cc4)nc(-c4ccc(-c5ccc(O)cc5)cc4)n3)cc2)cc1. The summed E-state index contributed by atoms with van der Waals surface area (Å²) in [5.74, 6) is 2.35. The summed E-state index contributed by atoms with van der Waals surface area (Å²) in [5.41, 5.74) is 8.60. The first-order chi connectivity index (χ1) is 22.0. The van der Waals surface area contributed by atoms with Gasteiger partial charge in [0, 0.05) is 16.7 Å². The van der Waals surface area contributed by atoms with Gasteiger partial charge >= 0.3 is 0 Å². The molecule has 0 spiro atoms. The van der Waals surface area contributed by atoms with E-state index in [4.69, 9.17) is 15.0 Å². The van der Waals surface area contributed by atoms with Gasteiger partial charge in [-0.05, 0) is 69.8 Å². The van der Waals surface area contributed by atoms with Gasteiger partial charge in [0.05, 0.1) is 0 Å². The maximum atomic E-state index is 9.66. The second-order valence-electron chi connectivity index (χ2n) is 10.7. The van der Waals surface area contributed by atoms with Crippen LogP contribution in [0.4, 0.5) is 0 Å². The molecule has 6 heteroatoms. The van der Waals surface area contributed by atoms with E-state index in [-0.39, 0.29) is 17.2 Å². The lowest BCUT2D eigenvalue weighted by atomic mass is 10.0. The lowest BCUT2D eigenvalue weighted by Crippen LogP contribution is -2.00. The smallest absolute Gasteiger partial charge is 0.164 e. The number of rotatable bonds is 6. The molecule has 45 heavy (non-hydrogen) atoms. The first-order valence-electron chi connectivity index (χ1n) is 14.4. The normalized spacial score (nSPS) is 10.9. The van der Waals surface area contributed by atoms with Gasteiger partial charge in [-0.15, -0.1) is 0 Å². The average Bonchev–Trinajstić information content (AvgIpc) is 3.09. The minimum atomic E-state index is 0.229. The summed E-state index contributed by atoms with van der Waals surface area (Å²) in [6.07, 6.45) is 0. The molecule has 0 bridgehead atoms. The molecule has 216 valence electrons. The molecule has 1 aromatic heterocycles. The van der Waals surface area contributed by atoms with Crippen LogP contribution in [0.25, 0.3) is 67.5 Å². The van der Waals surface area contributed by atoms with Crippen LogP contribution in [-0.4, -0.2) is 30.3 Å². The zero-order valence-corrected chi connectivity index (χ0v) is 24.0. The Balaban J connectivity index is 1.27. The first kappa shape index (κ1) is 27.6. The fraction of sp³-hybridized carbons (Fsp3) is 0. The Bertz CT molecular complexity index is 1820. The molecule has 0 aliphatic rings. The number of phenolic OH excluding ortho intramolecular Hbond substituents is 3. The Kier molecular flexibility index (Phi) is 7.21. The van der Waals surface area contributed by atoms with Crippen LogP contribution in [0.1, 0.15) is 0 Å². The predicted molar refractivity (Wildman–Crippen MR) is 177 cm³/mol. The van der Waals surface area contributed by atoms with Crippen LogP contribution in [0.15, 0.2) is 146 Å². The highest BCUT2D eigenvalue weighted by atomic mass is 16.3. The van der Waals surface area contributed by atoms with Crippen LogP contribution in [-0.2, 0) is 0 Å². The van der Waals surface area contributed by atoms with E-state index in [1.54, 1.807) is 36.4 Å². The van der Waals surface area contributed by atoms with Crippen molar-refractivity contribution in [2.45, 2.75) is 0 Å². The van der Waals surface area contributed by atoms with Crippen molar-refractivity contribution in [3.63, 3.8) is 0 Å². The molecular weight excluding hydrogens is 558 g/mol. The maximum absolute atomic E-state index is 9.66. The second-order valence-corrected chi connectivity index (χ2v) is 10.7. The van der Waals surface area contributed by atoms with Crippen LogP contribution in [0.5, 0.6) is 17.2 Å². The molecule has 7 rings (SSSR count). The van der Waals surface area contributed by atoms with E-state index >= 15 is 0 Å². The minimum Gasteiger partial charge on any atom is -0.508 e. The molecule has 7 aromatic rings. The Labute approximate surface area is 260 Å². The molecule has 0 aliphatic heterocycles. The van der Waals surface area contributed by atoms with Gasteiger partial charge < -0.3 is 15.3 Å². The Morgan fingerprint density at radius 2 is 0.378 bits per heavy atom. The molecule has 6 aromatic carbocycles. The van der Waals surface area contributed by atoms with E-state index in [2.05, 4.69) is 0 Å². The van der Waals surface area contributed by atoms with Crippen molar-refractivity contribution in [1.29, 1.82) is 0 Å². The third-order valence-corrected chi connectivity index (χ3v) is 7.67. The van der Waals surface area contributed by atoms with Crippen molar-refractivity contribution >= 4 is 0 Å². The predicted octanol–water partition coefficient (Wildman–Crippen LogP) is 8.99. The topological polar surface area (TPSA) is 99.4 Å². The zero-order chi connectivity index (χ0) is 30.8. The molecule has 0 amide bonds. The number of phenols is 3. The Morgan fingerprint density at radius 3 is 0.578 bits per heavy atom. The first-order valence-corrected chi connectivity index (χ1v) is 14.4. The van der Waals surface area contributed by atoms with E-state index in [0.717, 1.165) is 50.1 Å². The van der Waals surface area contributed by atoms with Gasteiger partial charge in [0.25, 0.3) is 0 Å². The van der Waals surface area contributed by atoms with Crippen LogP contribution < -0.4 is 0 Å². The fourth-order valence-electron chi connectivity index (χ4n) is 5.16. The highest BCUT2D eigenvalue weighted by Crippen LogP contribution is 2.30. The van der Waals surface area contributed by atoms with Crippen LogP contribution in [0.3, 0.4) is 0 Å². The molecule has 0 unspecified atom stereocenters. The summed E-state index contributed by atoms with van der Waals surface area (Å²) >= 11 is 0. The lowest BCUT2D eigenvalue weighted by Gasteiger charge is -2.10. The number of aromatic hydroxyl groups is 3. The monoisotopic (exact) mass is 585 g/mol. The van der Waals surface area contributed by atoms with Crippen molar-refractivity contribution < 1.29 is 15.3 Å². The van der Waals surface area contributed by atoms with E-state index in [1.165, 1.54) is 0 Å². The number of hydrogen-bond acceptors (Lipinski definition) is 6. The zero-order valence-electron chi connectivity index (χ0n) is 24.0. The Morgan fingerprint density at radius 1 is 0.222 bits per heavy atom. The number of benzene rings is 6. The number of hydrogen-bond donors (Lipinski definition) is 3. The molecule has 3 N–H and O–H groups in total. The van der Waals surface area contributed by atoms with Gasteiger partial charge in [0.1, 0.15) is 17.2 Å². The molecule has 0 aliphatic carbocycles. The molecule has 0 atom stereocenters.